The van der Waals surface area contributed by atoms with E-state index in [-0.39, 0.29) is 5.02 Å². The van der Waals surface area contributed by atoms with Crippen LogP contribution in [0.2, 0.25) is 5.02 Å². The van der Waals surface area contributed by atoms with E-state index in [9.17, 15) is 12.8 Å². The van der Waals surface area contributed by atoms with Gasteiger partial charge in [-0.05, 0) is 55.3 Å². The summed E-state index contributed by atoms with van der Waals surface area (Å²) in [5, 5.41) is 0.146. The molecule has 0 unspecified atom stereocenters. The molecule has 0 bridgehead atoms. The van der Waals surface area contributed by atoms with E-state index in [1.807, 2.05) is 19.9 Å². The molecule has 0 atom stereocenters. The third-order valence-electron chi connectivity index (χ3n) is 2.66. The Kier molecular flexibility index (Phi) is 4.01. The molecule has 0 aliphatic rings. The molecule has 0 fully saturated rings. The van der Waals surface area contributed by atoms with Crippen molar-refractivity contribution < 1.29 is 12.8 Å². The van der Waals surface area contributed by atoms with Gasteiger partial charge in [0, 0.05) is 10.7 Å². The van der Waals surface area contributed by atoms with Crippen LogP contribution in [0.3, 0.4) is 0 Å². The topological polar surface area (TPSA) is 46.2 Å². The highest BCUT2D eigenvalue weighted by Gasteiger charge is 2.19. The predicted molar refractivity (Wildman–Crippen MR) is 78.1 cm³/mol. The molecule has 0 amide bonds. The summed E-state index contributed by atoms with van der Waals surface area (Å²) in [5.41, 5.74) is 2.23. The van der Waals surface area contributed by atoms with Gasteiger partial charge in [0.1, 0.15) is 10.7 Å². The summed E-state index contributed by atoms with van der Waals surface area (Å²) in [5.74, 6) is -0.880. The van der Waals surface area contributed by atoms with Gasteiger partial charge in [-0.15, -0.1) is 0 Å². The largest absolute Gasteiger partial charge is 0.280 e. The monoisotopic (exact) mass is 313 g/mol. The van der Waals surface area contributed by atoms with E-state index in [2.05, 4.69) is 4.72 Å². The van der Waals surface area contributed by atoms with Crippen LogP contribution in [0, 0.1) is 19.7 Å². The molecule has 1 N–H and O–H groups in total. The Bertz CT molecular complexity index is 740. The number of rotatable bonds is 3. The average molecular weight is 314 g/mol. The highest BCUT2D eigenvalue weighted by molar-refractivity contribution is 7.92. The average Bonchev–Trinajstić information content (AvgIpc) is 2.25. The Morgan fingerprint density at radius 1 is 1.05 bits per heavy atom. The zero-order chi connectivity index (χ0) is 14.9. The molecule has 2 aromatic rings. The molecule has 0 aliphatic heterocycles. The van der Waals surface area contributed by atoms with E-state index in [0.29, 0.717) is 5.69 Å². The first-order valence-electron chi connectivity index (χ1n) is 5.84. The standard InChI is InChI=1S/C14H13ClFNO2S/c1-9-5-10(2)7-12(6-9)17-20(18,19)14-4-3-11(15)8-13(14)16/h3-8,17H,1-2H3. The minimum atomic E-state index is -3.98. The Morgan fingerprint density at radius 2 is 1.65 bits per heavy atom. The van der Waals surface area contributed by atoms with Gasteiger partial charge in [0.2, 0.25) is 0 Å². The summed E-state index contributed by atoms with van der Waals surface area (Å²) >= 11 is 5.61. The molecule has 2 rings (SSSR count). The van der Waals surface area contributed by atoms with Crippen LogP contribution in [0.4, 0.5) is 10.1 Å². The zero-order valence-electron chi connectivity index (χ0n) is 10.9. The van der Waals surface area contributed by atoms with E-state index in [1.54, 1.807) is 12.1 Å². The van der Waals surface area contributed by atoms with Crippen LogP contribution in [0.1, 0.15) is 11.1 Å². The summed E-state index contributed by atoms with van der Waals surface area (Å²) in [6, 6.07) is 8.72. The highest BCUT2D eigenvalue weighted by Crippen LogP contribution is 2.22. The molecule has 0 spiro atoms. The van der Waals surface area contributed by atoms with Crippen LogP contribution in [-0.2, 0) is 10.0 Å². The van der Waals surface area contributed by atoms with Crippen LogP contribution >= 0.6 is 11.6 Å². The van der Waals surface area contributed by atoms with Crippen molar-refractivity contribution in [3.05, 3.63) is 58.4 Å². The molecule has 0 aliphatic carbocycles. The molecule has 20 heavy (non-hydrogen) atoms. The molecule has 106 valence electrons. The van der Waals surface area contributed by atoms with Gasteiger partial charge in [-0.1, -0.05) is 17.7 Å². The van der Waals surface area contributed by atoms with Crippen molar-refractivity contribution in [2.24, 2.45) is 0 Å². The first kappa shape index (κ1) is 14.8. The lowest BCUT2D eigenvalue weighted by Crippen LogP contribution is -2.14. The Balaban J connectivity index is 2.40. The summed E-state index contributed by atoms with van der Waals surface area (Å²) < 4.78 is 40.4. The number of hydrogen-bond acceptors (Lipinski definition) is 2. The lowest BCUT2D eigenvalue weighted by molar-refractivity contribution is 0.570. The maximum atomic E-state index is 13.7. The predicted octanol–water partition coefficient (Wildman–Crippen LogP) is 3.90. The first-order chi connectivity index (χ1) is 9.28. The van der Waals surface area contributed by atoms with E-state index in [4.69, 9.17) is 11.6 Å². The van der Waals surface area contributed by atoms with E-state index in [1.165, 1.54) is 6.07 Å². The maximum absolute atomic E-state index is 13.7. The van der Waals surface area contributed by atoms with Gasteiger partial charge in [0.25, 0.3) is 10.0 Å². The van der Waals surface area contributed by atoms with E-state index in [0.717, 1.165) is 23.3 Å². The van der Waals surface area contributed by atoms with E-state index < -0.39 is 20.7 Å². The van der Waals surface area contributed by atoms with Crippen LogP contribution in [-0.4, -0.2) is 8.42 Å². The van der Waals surface area contributed by atoms with Gasteiger partial charge in [-0.25, -0.2) is 12.8 Å². The highest BCUT2D eigenvalue weighted by atomic mass is 35.5. The quantitative estimate of drug-likeness (QED) is 0.934. The molecule has 0 heterocycles. The van der Waals surface area contributed by atoms with Gasteiger partial charge in [0.05, 0.1) is 0 Å². The minimum Gasteiger partial charge on any atom is -0.280 e. The van der Waals surface area contributed by atoms with Crippen molar-refractivity contribution in [1.29, 1.82) is 0 Å². The summed E-state index contributed by atoms with van der Waals surface area (Å²) in [4.78, 5) is -0.430. The molecule has 0 saturated heterocycles. The number of benzene rings is 2. The van der Waals surface area contributed by atoms with Crippen molar-refractivity contribution in [3.8, 4) is 0 Å². The first-order valence-corrected chi connectivity index (χ1v) is 7.70. The van der Waals surface area contributed by atoms with Crippen molar-refractivity contribution >= 4 is 27.3 Å². The molecular weight excluding hydrogens is 301 g/mol. The fourth-order valence-corrected chi connectivity index (χ4v) is 3.20. The Labute approximate surface area is 122 Å². The SMILES string of the molecule is Cc1cc(C)cc(NS(=O)(=O)c2ccc(Cl)cc2F)c1. The van der Waals surface area contributed by atoms with Crippen molar-refractivity contribution in [3.63, 3.8) is 0 Å². The third-order valence-corrected chi connectivity index (χ3v) is 4.31. The number of sulfonamides is 1. The van der Waals surface area contributed by atoms with Gasteiger partial charge >= 0.3 is 0 Å². The second-order valence-corrected chi connectivity index (χ2v) is 6.64. The molecule has 2 aromatic carbocycles. The lowest BCUT2D eigenvalue weighted by Gasteiger charge is -2.10. The number of hydrogen-bond donors (Lipinski definition) is 1. The van der Waals surface area contributed by atoms with Gasteiger partial charge in [0.15, 0.2) is 0 Å². The van der Waals surface area contributed by atoms with Crippen molar-refractivity contribution in [2.45, 2.75) is 18.7 Å². The summed E-state index contributed by atoms with van der Waals surface area (Å²) in [7, 11) is -3.98. The Hall–Kier alpha value is -1.59. The lowest BCUT2D eigenvalue weighted by atomic mass is 10.1. The molecule has 0 radical (unpaired) electrons. The second-order valence-electron chi connectivity index (χ2n) is 4.56. The van der Waals surface area contributed by atoms with Crippen LogP contribution in [0.15, 0.2) is 41.3 Å². The van der Waals surface area contributed by atoms with Crippen molar-refractivity contribution in [1.82, 2.24) is 0 Å². The summed E-state index contributed by atoms with van der Waals surface area (Å²) in [6.45, 7) is 3.71. The minimum absolute atomic E-state index is 0.146. The van der Waals surface area contributed by atoms with Crippen LogP contribution in [0.5, 0.6) is 0 Å². The van der Waals surface area contributed by atoms with Gasteiger partial charge in [-0.2, -0.15) is 0 Å². The number of aryl methyl sites for hydroxylation is 2. The normalized spacial score (nSPS) is 11.4. The second kappa shape index (κ2) is 5.42. The number of nitrogens with one attached hydrogen (secondary N) is 1. The maximum Gasteiger partial charge on any atom is 0.264 e. The fourth-order valence-electron chi connectivity index (χ4n) is 1.94. The third kappa shape index (κ3) is 3.29. The van der Waals surface area contributed by atoms with Gasteiger partial charge < -0.3 is 0 Å². The zero-order valence-corrected chi connectivity index (χ0v) is 12.5. The molecule has 6 heteroatoms. The van der Waals surface area contributed by atoms with Crippen LogP contribution < -0.4 is 4.72 Å². The van der Waals surface area contributed by atoms with Crippen molar-refractivity contribution in [2.75, 3.05) is 4.72 Å². The Morgan fingerprint density at radius 3 is 2.20 bits per heavy atom. The smallest absolute Gasteiger partial charge is 0.264 e. The fraction of sp³-hybridized carbons (Fsp3) is 0.143. The molecular formula is C14H13ClFNO2S. The van der Waals surface area contributed by atoms with Gasteiger partial charge in [-0.3, -0.25) is 4.72 Å². The molecule has 0 aromatic heterocycles. The van der Waals surface area contributed by atoms with Crippen LogP contribution in [0.25, 0.3) is 0 Å². The molecule has 3 nitrogen and oxygen atoms in total. The molecule has 0 saturated carbocycles. The summed E-state index contributed by atoms with van der Waals surface area (Å²) in [6.07, 6.45) is 0. The van der Waals surface area contributed by atoms with E-state index >= 15 is 0 Å². The number of anilines is 1. The number of halogens is 2.